The Morgan fingerprint density at radius 2 is 1.79 bits per heavy atom. The third-order valence-corrected chi connectivity index (χ3v) is 10.1. The molecule has 0 aromatic heterocycles. The van der Waals surface area contributed by atoms with E-state index in [2.05, 4.69) is 50.9 Å². The van der Waals surface area contributed by atoms with Crippen molar-refractivity contribution >= 4 is 0 Å². The Labute approximate surface area is 275 Å². The number of nitrogens with zero attached hydrogens (tertiary/aromatic N) is 2. The Morgan fingerprint density at radius 3 is 2.37 bits per heavy atom. The van der Waals surface area contributed by atoms with Crippen LogP contribution in [0, 0.1) is 48.0 Å². The number of hydrogen-bond donors (Lipinski definition) is 1. The topological polar surface area (TPSA) is 37.6 Å². The first-order valence-corrected chi connectivity index (χ1v) is 14.9. The van der Waals surface area contributed by atoms with Crippen LogP contribution >= 0.6 is 0 Å². The second kappa shape index (κ2) is 17.1. The molecule has 213 valence electrons. The van der Waals surface area contributed by atoms with Crippen molar-refractivity contribution in [3.8, 4) is 0 Å². The molecule has 1 N–H and O–H groups in total. The minimum absolute atomic E-state index is 0. The summed E-state index contributed by atoms with van der Waals surface area (Å²) in [6, 6.07) is 13.4. The number of aliphatic hydroxyl groups is 1. The molecule has 3 unspecified atom stereocenters. The van der Waals surface area contributed by atoms with Gasteiger partial charge in [0.2, 0.25) is 0 Å². The molecular formula is C33H54N2OWY-2. The van der Waals surface area contributed by atoms with Crippen LogP contribution in [0.5, 0.6) is 0 Å². The van der Waals surface area contributed by atoms with Crippen LogP contribution in [-0.2, 0) is 53.8 Å². The first kappa shape index (κ1) is 36.9. The molecule has 5 heteroatoms. The van der Waals surface area contributed by atoms with Crippen molar-refractivity contribution in [1.82, 2.24) is 4.90 Å². The van der Waals surface area contributed by atoms with Gasteiger partial charge in [-0.2, -0.15) is 55.7 Å². The molecule has 0 spiro atoms. The van der Waals surface area contributed by atoms with Gasteiger partial charge in [0.05, 0.1) is 5.60 Å². The largest absolute Gasteiger partial charge is 2.00 e. The Morgan fingerprint density at radius 1 is 1.11 bits per heavy atom. The molecule has 5 rings (SSSR count). The van der Waals surface area contributed by atoms with Crippen molar-refractivity contribution in [2.75, 3.05) is 19.6 Å². The second-order valence-electron chi connectivity index (χ2n) is 12.3. The SMILES string of the molecule is CC.[CH2-]C[C@@H]1[C-](C)CC[C@H]2[C@H]1CCC1C[C@@](O)(CN3CC(C)[N-]CC3C)CC[C@@]12C.[W+2].[Y].[c-]1ccccc1. The van der Waals surface area contributed by atoms with E-state index in [1.54, 1.807) is 5.92 Å². The van der Waals surface area contributed by atoms with Crippen molar-refractivity contribution in [3.05, 3.63) is 54.6 Å². The van der Waals surface area contributed by atoms with Gasteiger partial charge >= 0.3 is 21.1 Å². The van der Waals surface area contributed by atoms with E-state index in [-0.39, 0.29) is 53.8 Å². The Kier molecular flexibility index (Phi) is 16.6. The van der Waals surface area contributed by atoms with Gasteiger partial charge in [0.25, 0.3) is 0 Å². The molecule has 0 bridgehead atoms. The van der Waals surface area contributed by atoms with Crippen LogP contribution in [0.15, 0.2) is 30.3 Å². The molecule has 1 aromatic carbocycles. The van der Waals surface area contributed by atoms with Crippen LogP contribution in [-0.4, -0.2) is 47.3 Å². The van der Waals surface area contributed by atoms with Crippen molar-refractivity contribution in [3.63, 3.8) is 0 Å². The maximum Gasteiger partial charge on any atom is 2.00 e. The molecule has 4 aliphatic rings. The molecule has 1 radical (unpaired) electrons. The van der Waals surface area contributed by atoms with Gasteiger partial charge in [0.15, 0.2) is 0 Å². The number of rotatable bonds is 3. The maximum atomic E-state index is 11.6. The fourth-order valence-corrected chi connectivity index (χ4v) is 8.03. The van der Waals surface area contributed by atoms with Gasteiger partial charge in [-0.1, -0.05) is 53.4 Å². The van der Waals surface area contributed by atoms with Gasteiger partial charge in [-0.3, -0.25) is 0 Å². The zero-order valence-corrected chi connectivity index (χ0v) is 30.9. The molecule has 4 fully saturated rings. The van der Waals surface area contributed by atoms with E-state index in [1.165, 1.54) is 32.1 Å². The van der Waals surface area contributed by atoms with Gasteiger partial charge in [-0.25, -0.2) is 6.42 Å². The fraction of sp³-hybridized carbons (Fsp3) is 0.758. The van der Waals surface area contributed by atoms with Crippen LogP contribution in [0.3, 0.4) is 0 Å². The molecule has 3 nitrogen and oxygen atoms in total. The molecular weight excluding hydrogens is 713 g/mol. The van der Waals surface area contributed by atoms with E-state index in [1.807, 2.05) is 44.2 Å². The van der Waals surface area contributed by atoms with E-state index in [0.717, 1.165) is 56.7 Å². The Balaban J connectivity index is 0.000000630. The summed E-state index contributed by atoms with van der Waals surface area (Å²) in [5.74, 6) is 4.85. The van der Waals surface area contributed by atoms with Crippen LogP contribution in [0.4, 0.5) is 0 Å². The summed E-state index contributed by atoms with van der Waals surface area (Å²) >= 11 is 0. The van der Waals surface area contributed by atoms with Crippen LogP contribution in [0.2, 0.25) is 0 Å². The van der Waals surface area contributed by atoms with Crippen molar-refractivity contribution in [2.24, 2.45) is 29.1 Å². The summed E-state index contributed by atoms with van der Waals surface area (Å²) in [6.07, 6.45) is 9.63. The average Bonchev–Trinajstić information content (AvgIpc) is 2.89. The zero-order valence-electron chi connectivity index (χ0n) is 25.2. The molecule has 1 aromatic rings. The first-order chi connectivity index (χ1) is 17.3. The monoisotopic (exact) mass is 767 g/mol. The predicted octanol–water partition coefficient (Wildman–Crippen LogP) is 7.75. The fourth-order valence-electron chi connectivity index (χ4n) is 8.03. The molecule has 8 atom stereocenters. The van der Waals surface area contributed by atoms with Gasteiger partial charge < -0.3 is 28.2 Å². The van der Waals surface area contributed by atoms with Gasteiger partial charge in [-0.05, 0) is 55.5 Å². The molecule has 1 heterocycles. The van der Waals surface area contributed by atoms with Crippen molar-refractivity contribution in [1.29, 1.82) is 0 Å². The third-order valence-electron chi connectivity index (χ3n) is 10.1. The van der Waals surface area contributed by atoms with E-state index in [0.29, 0.717) is 23.4 Å². The van der Waals surface area contributed by atoms with E-state index < -0.39 is 5.60 Å². The smallest absolute Gasteiger partial charge is 0.657 e. The molecule has 3 aliphatic carbocycles. The summed E-state index contributed by atoms with van der Waals surface area (Å²) in [7, 11) is 0. The molecule has 38 heavy (non-hydrogen) atoms. The summed E-state index contributed by atoms with van der Waals surface area (Å²) < 4.78 is 0. The van der Waals surface area contributed by atoms with Gasteiger partial charge in [0, 0.05) is 39.3 Å². The number of hydrogen-bond acceptors (Lipinski definition) is 2. The van der Waals surface area contributed by atoms with Crippen LogP contribution in [0.1, 0.15) is 92.9 Å². The maximum absolute atomic E-state index is 11.6. The number of benzene rings is 1. The summed E-state index contributed by atoms with van der Waals surface area (Å²) in [5, 5.41) is 16.3. The number of β-amino-alcohol motifs (C(OH)–C–C–N with tert-alkyl or cyclic N) is 1. The van der Waals surface area contributed by atoms with E-state index in [4.69, 9.17) is 0 Å². The summed E-state index contributed by atoms with van der Waals surface area (Å²) in [4.78, 5) is 2.52. The third kappa shape index (κ3) is 8.94. The molecule has 1 saturated heterocycles. The molecule has 0 amide bonds. The average molecular weight is 768 g/mol. The minimum Gasteiger partial charge on any atom is -0.657 e. The minimum atomic E-state index is -0.495. The van der Waals surface area contributed by atoms with Gasteiger partial charge in [-0.15, -0.1) is 12.6 Å². The number of piperazine rings is 1. The zero-order chi connectivity index (χ0) is 26.3. The van der Waals surface area contributed by atoms with Gasteiger partial charge in [0.1, 0.15) is 0 Å². The molecule has 1 aliphatic heterocycles. The predicted molar refractivity (Wildman–Crippen MR) is 154 cm³/mol. The Hall–Kier alpha value is 0.892. The van der Waals surface area contributed by atoms with Crippen LogP contribution in [0.25, 0.3) is 5.32 Å². The van der Waals surface area contributed by atoms with Crippen molar-refractivity contribution < 1.29 is 58.9 Å². The number of fused-ring (bicyclic) bond motifs is 3. The van der Waals surface area contributed by atoms with Crippen LogP contribution < -0.4 is 0 Å². The quantitative estimate of drug-likeness (QED) is 0.320. The van der Waals surface area contributed by atoms with Crippen molar-refractivity contribution in [2.45, 2.75) is 111 Å². The summed E-state index contributed by atoms with van der Waals surface area (Å²) in [6.45, 7) is 20.5. The standard InChI is InChI=1S/C25H43N2O.C6H5.C2H6.W.Y/c1-6-21-17(2)7-10-23-22(21)9-8-20-13-25(28,12-11-24(20,23)5)16-27-15-18(3)26-14-19(27)4;1-2-4-6-5-3-1;1-2;;/h18-23,28H,1,6-16H2,2-5H3;1-5H;1-2H3;;/q-3;-1;;+2;/t18?,19?,20?,21-,22+,23+,24+,25-;;;;/m1..../s1. The second-order valence-corrected chi connectivity index (χ2v) is 12.3. The molecule has 3 saturated carbocycles. The first-order valence-electron chi connectivity index (χ1n) is 14.9. The van der Waals surface area contributed by atoms with E-state index >= 15 is 0 Å². The summed E-state index contributed by atoms with van der Waals surface area (Å²) in [5.41, 5.74) is -0.0653. The normalized spacial score (nSPS) is 38.8. The Bertz CT molecular complexity index is 742. The van der Waals surface area contributed by atoms with E-state index in [9.17, 15) is 5.11 Å².